The number of imide groups is 1. The highest BCUT2D eigenvalue weighted by atomic mass is 35.5. The Morgan fingerprint density at radius 1 is 0.750 bits per heavy atom. The molecule has 164 valence electrons. The predicted octanol–water partition coefficient (Wildman–Crippen LogP) is 6.56. The molecule has 10 heteroatoms. The highest BCUT2D eigenvalue weighted by Crippen LogP contribution is 2.47. The molecule has 0 bridgehead atoms. The number of rotatable bonds is 3. The van der Waals surface area contributed by atoms with Gasteiger partial charge in [0.1, 0.15) is 0 Å². The van der Waals surface area contributed by atoms with Gasteiger partial charge in [0.05, 0.1) is 5.69 Å². The number of halogens is 5. The van der Waals surface area contributed by atoms with Crippen LogP contribution in [0.15, 0.2) is 78.9 Å². The molecule has 1 heterocycles. The SMILES string of the molecule is O=C1NC(c2ccccc2)(C(F)(F)F)N(c2ccc(Cl)cc2)C(=O)N1c1ccc(Cl)cc1. The first-order valence-corrected chi connectivity index (χ1v) is 10.0. The van der Waals surface area contributed by atoms with Crippen LogP contribution in [0.5, 0.6) is 0 Å². The van der Waals surface area contributed by atoms with E-state index in [1.165, 1.54) is 78.9 Å². The molecule has 0 saturated carbocycles. The zero-order valence-electron chi connectivity index (χ0n) is 16.1. The summed E-state index contributed by atoms with van der Waals surface area (Å²) in [4.78, 5) is 27.7. The maximum absolute atomic E-state index is 14.8. The number of alkyl halides is 3. The van der Waals surface area contributed by atoms with Crippen molar-refractivity contribution in [3.63, 3.8) is 0 Å². The Morgan fingerprint density at radius 3 is 1.75 bits per heavy atom. The van der Waals surface area contributed by atoms with Crippen molar-refractivity contribution in [1.29, 1.82) is 0 Å². The van der Waals surface area contributed by atoms with Crippen LogP contribution in [0.3, 0.4) is 0 Å². The van der Waals surface area contributed by atoms with E-state index in [0.717, 1.165) is 0 Å². The van der Waals surface area contributed by atoms with E-state index in [4.69, 9.17) is 23.2 Å². The average Bonchev–Trinajstić information content (AvgIpc) is 2.75. The van der Waals surface area contributed by atoms with Crippen LogP contribution in [-0.4, -0.2) is 18.2 Å². The molecule has 3 aromatic carbocycles. The van der Waals surface area contributed by atoms with Gasteiger partial charge in [-0.1, -0.05) is 53.5 Å². The van der Waals surface area contributed by atoms with Crippen molar-refractivity contribution >= 4 is 46.6 Å². The largest absolute Gasteiger partial charge is 0.435 e. The zero-order valence-corrected chi connectivity index (χ0v) is 17.6. The lowest BCUT2D eigenvalue weighted by atomic mass is 9.94. The van der Waals surface area contributed by atoms with Gasteiger partial charge in [-0.05, 0) is 48.5 Å². The number of urea groups is 2. The molecule has 3 aromatic rings. The van der Waals surface area contributed by atoms with Crippen LogP contribution in [-0.2, 0) is 5.66 Å². The van der Waals surface area contributed by atoms with Crippen molar-refractivity contribution in [2.75, 3.05) is 9.80 Å². The highest BCUT2D eigenvalue weighted by Gasteiger charge is 2.66. The van der Waals surface area contributed by atoms with Gasteiger partial charge in [0.15, 0.2) is 0 Å². The molecule has 1 atom stereocenters. The van der Waals surface area contributed by atoms with E-state index < -0.39 is 23.9 Å². The molecule has 0 aromatic heterocycles. The number of carbonyl (C=O) groups is 2. The molecule has 1 aliphatic rings. The Labute approximate surface area is 190 Å². The van der Waals surface area contributed by atoms with Crippen molar-refractivity contribution < 1.29 is 22.8 Å². The van der Waals surface area contributed by atoms with E-state index in [-0.39, 0.29) is 22.0 Å². The molecule has 32 heavy (non-hydrogen) atoms. The van der Waals surface area contributed by atoms with Crippen LogP contribution in [0, 0.1) is 0 Å². The molecular formula is C22H14Cl2F3N3O2. The minimum atomic E-state index is -5.08. The monoisotopic (exact) mass is 479 g/mol. The second-order valence-corrected chi connectivity index (χ2v) is 7.78. The summed E-state index contributed by atoms with van der Waals surface area (Å²) in [7, 11) is 0. The maximum Gasteiger partial charge on any atom is 0.435 e. The first kappa shape index (κ1) is 22.0. The van der Waals surface area contributed by atoms with Crippen molar-refractivity contribution in [2.24, 2.45) is 0 Å². The van der Waals surface area contributed by atoms with E-state index in [0.29, 0.717) is 14.8 Å². The second kappa shape index (κ2) is 8.03. The summed E-state index contributed by atoms with van der Waals surface area (Å²) in [5.74, 6) is 0. The molecule has 1 unspecified atom stereocenters. The molecule has 5 nitrogen and oxygen atoms in total. The van der Waals surface area contributed by atoms with Crippen molar-refractivity contribution in [2.45, 2.75) is 11.8 Å². The van der Waals surface area contributed by atoms with Gasteiger partial charge in [-0.2, -0.15) is 13.2 Å². The molecular weight excluding hydrogens is 466 g/mol. The second-order valence-electron chi connectivity index (χ2n) is 6.91. The van der Waals surface area contributed by atoms with E-state index in [9.17, 15) is 22.8 Å². The topological polar surface area (TPSA) is 52.7 Å². The molecule has 4 amide bonds. The van der Waals surface area contributed by atoms with Gasteiger partial charge < -0.3 is 5.32 Å². The Morgan fingerprint density at radius 2 is 1.25 bits per heavy atom. The first-order valence-electron chi connectivity index (χ1n) is 9.25. The summed E-state index contributed by atoms with van der Waals surface area (Å²) in [5.41, 5.74) is -3.54. The van der Waals surface area contributed by atoms with Crippen LogP contribution in [0.2, 0.25) is 10.0 Å². The molecule has 1 fully saturated rings. The lowest BCUT2D eigenvalue weighted by Crippen LogP contribution is -2.76. The summed E-state index contributed by atoms with van der Waals surface area (Å²) in [5, 5.41) is 2.65. The third-order valence-corrected chi connectivity index (χ3v) is 5.48. The molecule has 0 radical (unpaired) electrons. The van der Waals surface area contributed by atoms with Crippen LogP contribution < -0.4 is 15.1 Å². The van der Waals surface area contributed by atoms with Crippen LogP contribution in [0.1, 0.15) is 5.56 Å². The lowest BCUT2D eigenvalue weighted by Gasteiger charge is -2.50. The number of amides is 4. The lowest BCUT2D eigenvalue weighted by molar-refractivity contribution is -0.195. The number of hydrogen-bond acceptors (Lipinski definition) is 2. The Kier molecular flexibility index (Phi) is 5.52. The summed E-state index contributed by atoms with van der Waals surface area (Å²) in [6, 6.07) is 15.1. The Hall–Kier alpha value is -3.23. The quantitative estimate of drug-likeness (QED) is 0.462. The minimum Gasteiger partial charge on any atom is -0.302 e. The summed E-state index contributed by atoms with van der Waals surface area (Å²) in [6.45, 7) is 0. The number of carbonyl (C=O) groups excluding carboxylic acids is 2. The van der Waals surface area contributed by atoms with Gasteiger partial charge in [-0.3, -0.25) is 4.90 Å². The fraction of sp³-hybridized carbons (Fsp3) is 0.0909. The smallest absolute Gasteiger partial charge is 0.302 e. The Bertz CT molecular complexity index is 1160. The van der Waals surface area contributed by atoms with Gasteiger partial charge in [0.25, 0.3) is 0 Å². The fourth-order valence-electron chi connectivity index (χ4n) is 3.55. The third kappa shape index (κ3) is 3.55. The summed E-state index contributed by atoms with van der Waals surface area (Å²) >= 11 is 11.8. The van der Waals surface area contributed by atoms with E-state index in [1.54, 1.807) is 0 Å². The van der Waals surface area contributed by atoms with Gasteiger partial charge >= 0.3 is 18.2 Å². The molecule has 0 spiro atoms. The molecule has 4 rings (SSSR count). The minimum absolute atomic E-state index is 0.0553. The van der Waals surface area contributed by atoms with Crippen molar-refractivity contribution in [1.82, 2.24) is 5.32 Å². The summed E-state index contributed by atoms with van der Waals surface area (Å²) in [6.07, 6.45) is -5.08. The van der Waals surface area contributed by atoms with Crippen molar-refractivity contribution in [3.8, 4) is 0 Å². The van der Waals surface area contributed by atoms with Gasteiger partial charge in [-0.15, -0.1) is 0 Å². The fourth-order valence-corrected chi connectivity index (χ4v) is 3.80. The van der Waals surface area contributed by atoms with Crippen molar-refractivity contribution in [3.05, 3.63) is 94.5 Å². The van der Waals surface area contributed by atoms with Gasteiger partial charge in [0, 0.05) is 21.3 Å². The third-order valence-electron chi connectivity index (χ3n) is 4.98. The Balaban J connectivity index is 1.97. The molecule has 1 saturated heterocycles. The molecule has 1 aliphatic heterocycles. The van der Waals surface area contributed by atoms with E-state index >= 15 is 0 Å². The van der Waals surface area contributed by atoms with Crippen LogP contribution >= 0.6 is 23.2 Å². The molecule has 1 N–H and O–H groups in total. The predicted molar refractivity (Wildman–Crippen MR) is 116 cm³/mol. The van der Waals surface area contributed by atoms with Gasteiger partial charge in [0.2, 0.25) is 5.66 Å². The number of benzene rings is 3. The van der Waals surface area contributed by atoms with Crippen LogP contribution in [0.25, 0.3) is 0 Å². The van der Waals surface area contributed by atoms with E-state index in [1.807, 2.05) is 5.32 Å². The highest BCUT2D eigenvalue weighted by molar-refractivity contribution is 6.31. The number of anilines is 2. The molecule has 0 aliphatic carbocycles. The first-order chi connectivity index (χ1) is 15.1. The normalized spacial score (nSPS) is 19.2. The zero-order chi connectivity index (χ0) is 23.1. The van der Waals surface area contributed by atoms with E-state index in [2.05, 4.69) is 0 Å². The van der Waals surface area contributed by atoms with Gasteiger partial charge in [-0.25, -0.2) is 14.5 Å². The average molecular weight is 480 g/mol. The number of nitrogens with one attached hydrogen (secondary N) is 1. The maximum atomic E-state index is 14.8. The number of nitrogens with zero attached hydrogens (tertiary/aromatic N) is 2. The summed E-state index contributed by atoms with van der Waals surface area (Å²) < 4.78 is 44.3. The van der Waals surface area contributed by atoms with Crippen LogP contribution in [0.4, 0.5) is 34.1 Å². The number of hydrogen-bond donors (Lipinski definition) is 1. The standard InChI is InChI=1S/C22H14Cl2F3N3O2/c23-15-6-10-17(11-7-15)29-19(31)28-21(22(25,26)27,14-4-2-1-3-5-14)30(20(29)32)18-12-8-16(24)9-13-18/h1-13H,(H,28,31).